The second-order valence-electron chi connectivity index (χ2n) is 8.44. The number of carbonyl (C=O) groups is 3. The molecule has 4 aromatic rings. The number of aliphatic carboxylic acids is 1. The van der Waals surface area contributed by atoms with Crippen LogP contribution in [0.1, 0.15) is 15.9 Å². The molecule has 0 aliphatic heterocycles. The highest BCUT2D eigenvalue weighted by Gasteiger charge is 2.21. The van der Waals surface area contributed by atoms with Gasteiger partial charge in [-0.15, -0.1) is 11.3 Å². The summed E-state index contributed by atoms with van der Waals surface area (Å²) in [4.78, 5) is 41.1. The lowest BCUT2D eigenvalue weighted by molar-refractivity contribution is -0.147. The van der Waals surface area contributed by atoms with Gasteiger partial charge in [0.05, 0.1) is 38.4 Å². The van der Waals surface area contributed by atoms with Crippen LogP contribution in [0.15, 0.2) is 70.9 Å². The molecule has 3 aromatic carbocycles. The van der Waals surface area contributed by atoms with Gasteiger partial charge in [0.2, 0.25) is 0 Å². The lowest BCUT2D eigenvalue weighted by atomic mass is 10.1. The maximum atomic E-state index is 11.9. The molecule has 0 aliphatic rings. The van der Waals surface area contributed by atoms with Gasteiger partial charge in [-0.1, -0.05) is 41.4 Å². The number of nitrogens with zero attached hydrogens (tertiary/aromatic N) is 2. The molecule has 4 rings (SSSR count). The topological polar surface area (TPSA) is 154 Å². The van der Waals surface area contributed by atoms with Crippen LogP contribution in [0.3, 0.4) is 0 Å². The Balaban J connectivity index is 1.72. The monoisotopic (exact) mass is 619 g/mol. The zero-order valence-corrected chi connectivity index (χ0v) is 23.6. The third-order valence-corrected chi connectivity index (χ3v) is 8.34. The summed E-state index contributed by atoms with van der Waals surface area (Å²) >= 11 is 13.7. The van der Waals surface area contributed by atoms with Gasteiger partial charge in [-0.25, -0.2) is 23.0 Å². The highest BCUT2D eigenvalue weighted by molar-refractivity contribution is 7.90. The third-order valence-electron chi connectivity index (χ3n) is 5.61. The SMILES string of the molecule is CS(=O)(=O)c1ccc(-c2csc(N(Cc3ccc(NC(=O)C(=O)O)c(C(=O)O)c3)c3ccc(Cl)c(Cl)c3)n2)cc1. The summed E-state index contributed by atoms with van der Waals surface area (Å²) in [5.74, 6) is -4.48. The van der Waals surface area contributed by atoms with Crippen molar-refractivity contribution in [2.75, 3.05) is 16.5 Å². The number of benzene rings is 3. The Bertz CT molecular complexity index is 1740. The molecule has 1 aromatic heterocycles. The molecule has 0 aliphatic carbocycles. The maximum Gasteiger partial charge on any atom is 0.394 e. The van der Waals surface area contributed by atoms with Crippen LogP contribution in [0.5, 0.6) is 0 Å². The average Bonchev–Trinajstić information content (AvgIpc) is 3.39. The van der Waals surface area contributed by atoms with E-state index in [4.69, 9.17) is 33.3 Å². The van der Waals surface area contributed by atoms with Crippen molar-refractivity contribution in [1.82, 2.24) is 4.98 Å². The maximum absolute atomic E-state index is 11.9. The van der Waals surface area contributed by atoms with Gasteiger partial charge < -0.3 is 20.4 Å². The van der Waals surface area contributed by atoms with Crippen LogP contribution in [0.2, 0.25) is 10.0 Å². The highest BCUT2D eigenvalue weighted by Crippen LogP contribution is 2.36. The molecular weight excluding hydrogens is 601 g/mol. The molecule has 0 radical (unpaired) electrons. The first-order valence-electron chi connectivity index (χ1n) is 11.2. The number of sulfone groups is 1. The first-order valence-corrected chi connectivity index (χ1v) is 14.8. The normalized spacial score (nSPS) is 11.2. The molecule has 0 fully saturated rings. The smallest absolute Gasteiger partial charge is 0.394 e. The number of hydrogen-bond donors (Lipinski definition) is 3. The van der Waals surface area contributed by atoms with E-state index in [1.807, 2.05) is 0 Å². The van der Waals surface area contributed by atoms with Crippen LogP contribution in [0.4, 0.5) is 16.5 Å². The van der Waals surface area contributed by atoms with Crippen molar-refractivity contribution < 1.29 is 33.0 Å². The lowest BCUT2D eigenvalue weighted by Gasteiger charge is -2.23. The van der Waals surface area contributed by atoms with E-state index in [0.29, 0.717) is 32.7 Å². The van der Waals surface area contributed by atoms with Crippen LogP contribution in [0, 0.1) is 0 Å². The lowest BCUT2D eigenvalue weighted by Crippen LogP contribution is -2.23. The van der Waals surface area contributed by atoms with Gasteiger partial charge in [-0.3, -0.25) is 4.79 Å². The van der Waals surface area contributed by atoms with Gasteiger partial charge in [0, 0.05) is 22.9 Å². The van der Waals surface area contributed by atoms with Gasteiger partial charge in [-0.05, 0) is 48.0 Å². The van der Waals surface area contributed by atoms with E-state index in [2.05, 4.69) is 5.32 Å². The zero-order chi connectivity index (χ0) is 29.2. The fourth-order valence-electron chi connectivity index (χ4n) is 3.65. The number of carbonyl (C=O) groups excluding carboxylic acids is 1. The number of carboxylic acids is 2. The first-order chi connectivity index (χ1) is 18.8. The number of aromatic nitrogens is 1. The first kappa shape index (κ1) is 29.0. The molecule has 40 heavy (non-hydrogen) atoms. The molecule has 1 amide bonds. The Morgan fingerprint density at radius 1 is 0.975 bits per heavy atom. The van der Waals surface area contributed by atoms with E-state index < -0.39 is 27.7 Å². The number of nitrogens with one attached hydrogen (secondary N) is 1. The number of thiazole rings is 1. The fourth-order valence-corrected chi connectivity index (χ4v) is 5.43. The standard InChI is InChI=1S/C26H19Cl2N3O7S2/c1-40(37,38)17-6-3-15(4-7-17)22-13-39-26(30-22)31(16-5-8-19(27)20(28)11-16)12-14-2-9-21(18(10-14)24(33)34)29-23(32)25(35)36/h2-11,13H,12H2,1H3,(H,29,32)(H,33,34)(H,35,36). The Labute approximate surface area is 242 Å². The van der Waals surface area contributed by atoms with Gasteiger partial charge in [0.1, 0.15) is 0 Å². The molecule has 0 saturated carbocycles. The predicted octanol–water partition coefficient (Wildman–Crippen LogP) is 5.58. The highest BCUT2D eigenvalue weighted by atomic mass is 35.5. The van der Waals surface area contributed by atoms with E-state index in [1.165, 1.54) is 35.6 Å². The molecule has 206 valence electrons. The van der Waals surface area contributed by atoms with E-state index in [-0.39, 0.29) is 27.7 Å². The number of amides is 1. The number of anilines is 3. The number of aromatic carboxylic acids is 1. The van der Waals surface area contributed by atoms with E-state index in [9.17, 15) is 27.9 Å². The molecule has 0 atom stereocenters. The van der Waals surface area contributed by atoms with Gasteiger partial charge >= 0.3 is 17.8 Å². The third kappa shape index (κ3) is 6.59. The fraction of sp³-hybridized carbons (Fsp3) is 0.0769. The molecule has 0 spiro atoms. The quantitative estimate of drug-likeness (QED) is 0.214. The molecule has 14 heteroatoms. The molecule has 0 bridgehead atoms. The van der Waals surface area contributed by atoms with Crippen molar-refractivity contribution in [1.29, 1.82) is 0 Å². The Morgan fingerprint density at radius 2 is 1.68 bits per heavy atom. The average molecular weight is 620 g/mol. The van der Waals surface area contributed by atoms with Gasteiger partial charge in [0.15, 0.2) is 15.0 Å². The minimum atomic E-state index is -3.36. The summed E-state index contributed by atoms with van der Waals surface area (Å²) in [6.07, 6.45) is 1.13. The van der Waals surface area contributed by atoms with Crippen LogP contribution in [-0.4, -0.2) is 47.7 Å². The largest absolute Gasteiger partial charge is 0.478 e. The second-order valence-corrected chi connectivity index (χ2v) is 12.1. The zero-order valence-electron chi connectivity index (χ0n) is 20.5. The van der Waals surface area contributed by atoms with Crippen LogP contribution >= 0.6 is 34.5 Å². The Kier molecular flexibility index (Phi) is 8.45. The summed E-state index contributed by atoms with van der Waals surface area (Å²) < 4.78 is 23.6. The van der Waals surface area contributed by atoms with Crippen molar-refractivity contribution in [2.45, 2.75) is 11.4 Å². The van der Waals surface area contributed by atoms with Crippen molar-refractivity contribution in [3.63, 3.8) is 0 Å². The summed E-state index contributed by atoms with van der Waals surface area (Å²) in [5, 5.41) is 23.5. The van der Waals surface area contributed by atoms with Crippen molar-refractivity contribution in [3.05, 3.63) is 87.2 Å². The Morgan fingerprint density at radius 3 is 2.27 bits per heavy atom. The predicted molar refractivity (Wildman–Crippen MR) is 153 cm³/mol. The summed E-state index contributed by atoms with van der Waals surface area (Å²) in [5.41, 5.74) is 1.92. The summed E-state index contributed by atoms with van der Waals surface area (Å²) in [6, 6.07) is 15.4. The molecular formula is C26H19Cl2N3O7S2. The molecule has 0 unspecified atom stereocenters. The number of carboxylic acid groups (broad SMARTS) is 2. The minimum Gasteiger partial charge on any atom is -0.478 e. The summed E-state index contributed by atoms with van der Waals surface area (Å²) in [7, 11) is -3.36. The number of rotatable bonds is 8. The minimum absolute atomic E-state index is 0.116. The van der Waals surface area contributed by atoms with Crippen molar-refractivity contribution in [3.8, 4) is 11.3 Å². The Hall–Kier alpha value is -3.97. The number of hydrogen-bond acceptors (Lipinski definition) is 8. The van der Waals surface area contributed by atoms with Crippen molar-refractivity contribution >= 4 is 78.7 Å². The van der Waals surface area contributed by atoms with E-state index in [0.717, 1.165) is 6.26 Å². The van der Waals surface area contributed by atoms with Crippen molar-refractivity contribution in [2.24, 2.45) is 0 Å². The molecule has 10 nitrogen and oxygen atoms in total. The molecule has 3 N–H and O–H groups in total. The van der Waals surface area contributed by atoms with Crippen LogP contribution < -0.4 is 10.2 Å². The van der Waals surface area contributed by atoms with E-state index in [1.54, 1.807) is 46.7 Å². The molecule has 1 heterocycles. The molecule has 0 saturated heterocycles. The van der Waals surface area contributed by atoms with Crippen LogP contribution in [0.25, 0.3) is 11.3 Å². The van der Waals surface area contributed by atoms with E-state index >= 15 is 0 Å². The van der Waals surface area contributed by atoms with Gasteiger partial charge in [0.25, 0.3) is 0 Å². The second kappa shape index (κ2) is 11.6. The number of halogens is 2. The van der Waals surface area contributed by atoms with Crippen LogP contribution in [-0.2, 0) is 26.0 Å². The summed E-state index contributed by atoms with van der Waals surface area (Å²) in [6.45, 7) is 0.116. The van der Waals surface area contributed by atoms with Gasteiger partial charge in [-0.2, -0.15) is 0 Å².